The van der Waals surface area contributed by atoms with Gasteiger partial charge in [0.05, 0.1) is 11.3 Å². The predicted octanol–water partition coefficient (Wildman–Crippen LogP) is 3.12. The van der Waals surface area contributed by atoms with Crippen molar-refractivity contribution in [2.45, 2.75) is 45.0 Å². The molecule has 0 saturated carbocycles. The number of benzene rings is 2. The fourth-order valence-electron chi connectivity index (χ4n) is 4.21. The number of carbonyl (C=O) groups is 3. The highest BCUT2D eigenvalue weighted by molar-refractivity contribution is 6.15. The fourth-order valence-corrected chi connectivity index (χ4v) is 4.21. The first-order chi connectivity index (χ1) is 13.5. The summed E-state index contributed by atoms with van der Waals surface area (Å²) in [7, 11) is 0. The van der Waals surface area contributed by atoms with Crippen LogP contribution in [-0.2, 0) is 20.9 Å². The molecule has 0 bridgehead atoms. The summed E-state index contributed by atoms with van der Waals surface area (Å²) in [5, 5.41) is 0. The monoisotopic (exact) mass is 378 g/mol. The van der Waals surface area contributed by atoms with Crippen LogP contribution in [0.25, 0.3) is 0 Å². The first-order valence-corrected chi connectivity index (χ1v) is 9.43. The van der Waals surface area contributed by atoms with E-state index in [0.29, 0.717) is 11.3 Å². The van der Waals surface area contributed by atoms with Crippen LogP contribution >= 0.6 is 0 Å². The first kappa shape index (κ1) is 18.2. The maximum absolute atomic E-state index is 13.4. The van der Waals surface area contributed by atoms with Gasteiger partial charge in [-0.15, -0.1) is 0 Å². The average molecular weight is 378 g/mol. The van der Waals surface area contributed by atoms with E-state index in [-0.39, 0.29) is 37.3 Å². The molecule has 0 aromatic heterocycles. The lowest BCUT2D eigenvalue weighted by Gasteiger charge is -2.50. The van der Waals surface area contributed by atoms with Crippen LogP contribution in [0.1, 0.15) is 42.6 Å². The van der Waals surface area contributed by atoms with Gasteiger partial charge in [-0.25, -0.2) is 4.79 Å². The van der Waals surface area contributed by atoms with E-state index in [1.807, 2.05) is 44.2 Å². The Morgan fingerprint density at radius 1 is 1.07 bits per heavy atom. The summed E-state index contributed by atoms with van der Waals surface area (Å²) < 4.78 is 5.64. The molecule has 2 aliphatic heterocycles. The molecular formula is C22H22N2O4. The molecule has 2 aliphatic rings. The molecule has 2 aromatic rings. The van der Waals surface area contributed by atoms with Gasteiger partial charge in [0.2, 0.25) is 11.6 Å². The zero-order valence-corrected chi connectivity index (χ0v) is 15.9. The summed E-state index contributed by atoms with van der Waals surface area (Å²) >= 11 is 0. The summed E-state index contributed by atoms with van der Waals surface area (Å²) in [5.74, 6) is -1.01. The Balaban J connectivity index is 1.78. The van der Waals surface area contributed by atoms with Crippen LogP contribution in [0.4, 0.5) is 5.69 Å². The SMILES string of the molecule is CC(C)N1C(=O)c2ccccc2N2C(=O)CC[C@]21C(=O)OCc1ccccc1. The van der Waals surface area contributed by atoms with Crippen LogP contribution < -0.4 is 4.90 Å². The van der Waals surface area contributed by atoms with Gasteiger partial charge in [-0.1, -0.05) is 42.5 Å². The molecule has 2 amide bonds. The van der Waals surface area contributed by atoms with Crippen LogP contribution in [0.15, 0.2) is 54.6 Å². The second-order valence-electron chi connectivity index (χ2n) is 7.39. The van der Waals surface area contributed by atoms with Gasteiger partial charge in [0.15, 0.2) is 0 Å². The number of ether oxygens (including phenoxy) is 1. The highest BCUT2D eigenvalue weighted by atomic mass is 16.5. The van der Waals surface area contributed by atoms with Crippen molar-refractivity contribution in [3.8, 4) is 0 Å². The molecule has 2 heterocycles. The normalized spacial score (nSPS) is 21.0. The van der Waals surface area contributed by atoms with E-state index in [2.05, 4.69) is 0 Å². The number of amides is 2. The number of carbonyl (C=O) groups excluding carboxylic acids is 3. The molecule has 1 saturated heterocycles. The quantitative estimate of drug-likeness (QED) is 0.767. The van der Waals surface area contributed by atoms with E-state index in [1.165, 1.54) is 9.80 Å². The molecule has 1 fully saturated rings. The Hall–Kier alpha value is -3.15. The van der Waals surface area contributed by atoms with Crippen LogP contribution in [0.2, 0.25) is 0 Å². The maximum Gasteiger partial charge on any atom is 0.354 e. The molecule has 4 rings (SSSR count). The van der Waals surface area contributed by atoms with E-state index in [4.69, 9.17) is 4.74 Å². The third kappa shape index (κ3) is 2.59. The van der Waals surface area contributed by atoms with Gasteiger partial charge < -0.3 is 9.64 Å². The lowest BCUT2D eigenvalue weighted by Crippen LogP contribution is -2.70. The number of para-hydroxylation sites is 1. The van der Waals surface area contributed by atoms with Crippen molar-refractivity contribution in [3.05, 3.63) is 65.7 Å². The van der Waals surface area contributed by atoms with E-state index in [1.54, 1.807) is 24.3 Å². The topological polar surface area (TPSA) is 66.9 Å². The van der Waals surface area contributed by atoms with Gasteiger partial charge in [-0.2, -0.15) is 0 Å². The van der Waals surface area contributed by atoms with Crippen molar-refractivity contribution in [1.82, 2.24) is 4.90 Å². The van der Waals surface area contributed by atoms with Crippen LogP contribution in [-0.4, -0.2) is 34.4 Å². The van der Waals surface area contributed by atoms with Gasteiger partial charge in [0.25, 0.3) is 5.91 Å². The third-order valence-electron chi connectivity index (χ3n) is 5.36. The second kappa shape index (κ2) is 6.78. The minimum Gasteiger partial charge on any atom is -0.458 e. The average Bonchev–Trinajstić information content (AvgIpc) is 3.05. The van der Waals surface area contributed by atoms with E-state index in [9.17, 15) is 14.4 Å². The molecule has 2 aromatic carbocycles. The third-order valence-corrected chi connectivity index (χ3v) is 5.36. The zero-order valence-electron chi connectivity index (χ0n) is 15.9. The smallest absolute Gasteiger partial charge is 0.354 e. The number of anilines is 1. The van der Waals surface area contributed by atoms with Crippen LogP contribution in [0.3, 0.4) is 0 Å². The maximum atomic E-state index is 13.4. The summed E-state index contributed by atoms with van der Waals surface area (Å²) in [5.41, 5.74) is 0.314. The minimum atomic E-state index is -1.44. The van der Waals surface area contributed by atoms with Gasteiger partial charge in [0.1, 0.15) is 6.61 Å². The van der Waals surface area contributed by atoms with Crippen LogP contribution in [0, 0.1) is 0 Å². The molecule has 0 N–H and O–H groups in total. The highest BCUT2D eigenvalue weighted by Crippen LogP contribution is 2.46. The minimum absolute atomic E-state index is 0.0885. The number of esters is 1. The molecule has 0 aliphatic carbocycles. The summed E-state index contributed by atoms with van der Waals surface area (Å²) in [6, 6.07) is 16.0. The van der Waals surface area contributed by atoms with Gasteiger partial charge in [0, 0.05) is 18.9 Å². The first-order valence-electron chi connectivity index (χ1n) is 9.43. The standard InChI is InChI=1S/C22H22N2O4/c1-15(2)23-20(26)17-10-6-7-11-18(17)24-19(25)12-13-22(23,24)21(27)28-14-16-8-4-3-5-9-16/h3-11,15H,12-14H2,1-2H3/t22-/m1/s1. The second-order valence-corrected chi connectivity index (χ2v) is 7.39. The Labute approximate surface area is 163 Å². The van der Waals surface area contributed by atoms with Crippen molar-refractivity contribution >= 4 is 23.5 Å². The fraction of sp³-hybridized carbons (Fsp3) is 0.318. The van der Waals surface area contributed by atoms with E-state index >= 15 is 0 Å². The van der Waals surface area contributed by atoms with E-state index in [0.717, 1.165) is 5.56 Å². The predicted molar refractivity (Wildman–Crippen MR) is 103 cm³/mol. The number of hydrogen-bond donors (Lipinski definition) is 0. The van der Waals surface area contributed by atoms with Crippen molar-refractivity contribution < 1.29 is 19.1 Å². The Morgan fingerprint density at radius 3 is 2.46 bits per heavy atom. The zero-order chi connectivity index (χ0) is 19.9. The van der Waals surface area contributed by atoms with Crippen LogP contribution in [0.5, 0.6) is 0 Å². The summed E-state index contributed by atoms with van der Waals surface area (Å²) in [6.45, 7) is 3.78. The molecule has 6 heteroatoms. The lowest BCUT2D eigenvalue weighted by molar-refractivity contribution is -0.159. The molecule has 1 atom stereocenters. The molecule has 144 valence electrons. The highest BCUT2D eigenvalue weighted by Gasteiger charge is 2.62. The van der Waals surface area contributed by atoms with Crippen molar-refractivity contribution in [1.29, 1.82) is 0 Å². The van der Waals surface area contributed by atoms with Gasteiger partial charge >= 0.3 is 5.97 Å². The van der Waals surface area contributed by atoms with E-state index < -0.39 is 11.6 Å². The molecule has 6 nitrogen and oxygen atoms in total. The molecule has 0 radical (unpaired) electrons. The Kier molecular flexibility index (Phi) is 4.41. The van der Waals surface area contributed by atoms with Gasteiger partial charge in [-0.05, 0) is 31.5 Å². The molecule has 0 spiro atoms. The summed E-state index contributed by atoms with van der Waals surface area (Å²) in [4.78, 5) is 42.4. The molecule has 28 heavy (non-hydrogen) atoms. The number of fused-ring (bicyclic) bond motifs is 3. The largest absolute Gasteiger partial charge is 0.458 e. The van der Waals surface area contributed by atoms with Crippen molar-refractivity contribution in [2.24, 2.45) is 0 Å². The summed E-state index contributed by atoms with van der Waals surface area (Å²) in [6.07, 6.45) is 0.406. The van der Waals surface area contributed by atoms with Gasteiger partial charge in [-0.3, -0.25) is 14.5 Å². The Morgan fingerprint density at radius 2 is 1.75 bits per heavy atom. The molecular weight excluding hydrogens is 356 g/mol. The molecule has 0 unspecified atom stereocenters. The van der Waals surface area contributed by atoms with Crippen molar-refractivity contribution in [3.63, 3.8) is 0 Å². The number of nitrogens with zero attached hydrogens (tertiary/aromatic N) is 2. The Bertz CT molecular complexity index is 941. The van der Waals surface area contributed by atoms with Crippen molar-refractivity contribution in [2.75, 3.05) is 4.90 Å². The number of rotatable bonds is 4. The number of hydrogen-bond acceptors (Lipinski definition) is 4. The lowest BCUT2D eigenvalue weighted by atomic mass is 9.95.